The lowest BCUT2D eigenvalue weighted by atomic mass is 9.87. The number of rotatable bonds is 5. The highest BCUT2D eigenvalue weighted by Crippen LogP contribution is 2.27. The molecule has 116 valence electrons. The van der Waals surface area contributed by atoms with Crippen molar-refractivity contribution in [1.82, 2.24) is 4.90 Å². The van der Waals surface area contributed by atoms with E-state index in [2.05, 4.69) is 5.32 Å². The summed E-state index contributed by atoms with van der Waals surface area (Å²) < 4.78 is 0. The molecule has 0 spiro atoms. The molecule has 0 radical (unpaired) electrons. The van der Waals surface area contributed by atoms with Gasteiger partial charge in [0.1, 0.15) is 0 Å². The van der Waals surface area contributed by atoms with E-state index in [9.17, 15) is 4.79 Å². The van der Waals surface area contributed by atoms with Crippen LogP contribution in [0.4, 0.5) is 5.69 Å². The first-order chi connectivity index (χ1) is 10.1. The van der Waals surface area contributed by atoms with Crippen LogP contribution in [0, 0.1) is 5.92 Å². The fraction of sp³-hybridized carbons (Fsp3) is 0.588. The fourth-order valence-electron chi connectivity index (χ4n) is 2.98. The maximum Gasteiger partial charge on any atom is 0.255 e. The molecule has 1 aliphatic rings. The number of nitrogens with one attached hydrogen (secondary N) is 1. The zero-order valence-electron chi connectivity index (χ0n) is 13.0. The summed E-state index contributed by atoms with van der Waals surface area (Å²) in [4.78, 5) is 13.8. The third-order valence-electron chi connectivity index (χ3n) is 4.21. The van der Waals surface area contributed by atoms with Crippen molar-refractivity contribution in [2.45, 2.75) is 38.5 Å². The minimum Gasteiger partial charge on any atom is -0.384 e. The van der Waals surface area contributed by atoms with E-state index in [1.807, 2.05) is 6.07 Å². The highest BCUT2D eigenvalue weighted by atomic mass is 35.5. The first-order valence-electron chi connectivity index (χ1n) is 7.83. The number of carbonyl (C=O) groups excluding carboxylic acids is 1. The third kappa shape index (κ3) is 4.63. The molecule has 0 aliphatic heterocycles. The first-order valence-corrected chi connectivity index (χ1v) is 8.21. The summed E-state index contributed by atoms with van der Waals surface area (Å²) in [7, 11) is 3.53. The molecule has 1 aromatic carbocycles. The van der Waals surface area contributed by atoms with Crippen LogP contribution in [0.3, 0.4) is 0 Å². The molecule has 1 aromatic rings. The molecule has 1 aliphatic carbocycles. The summed E-state index contributed by atoms with van der Waals surface area (Å²) >= 11 is 6.06. The summed E-state index contributed by atoms with van der Waals surface area (Å²) in [6.07, 6.45) is 7.99. The van der Waals surface area contributed by atoms with Crippen LogP contribution in [0.15, 0.2) is 18.2 Å². The molecule has 0 atom stereocenters. The molecule has 2 rings (SSSR count). The molecule has 1 saturated carbocycles. The van der Waals surface area contributed by atoms with Gasteiger partial charge in [-0.3, -0.25) is 4.79 Å². The van der Waals surface area contributed by atoms with E-state index in [4.69, 9.17) is 11.6 Å². The lowest BCUT2D eigenvalue weighted by molar-refractivity contribution is 0.0828. The number of halogens is 1. The molecule has 0 heterocycles. The van der Waals surface area contributed by atoms with Crippen molar-refractivity contribution in [3.05, 3.63) is 28.8 Å². The Morgan fingerprint density at radius 2 is 2.00 bits per heavy atom. The van der Waals surface area contributed by atoms with Gasteiger partial charge in [0.05, 0.1) is 5.56 Å². The number of nitrogens with zero attached hydrogens (tertiary/aromatic N) is 1. The number of anilines is 1. The fourth-order valence-corrected chi connectivity index (χ4v) is 3.15. The van der Waals surface area contributed by atoms with Gasteiger partial charge in [-0.2, -0.15) is 0 Å². The van der Waals surface area contributed by atoms with E-state index >= 15 is 0 Å². The van der Waals surface area contributed by atoms with Crippen LogP contribution in [0.1, 0.15) is 48.9 Å². The predicted molar refractivity (Wildman–Crippen MR) is 89.2 cm³/mol. The summed E-state index contributed by atoms with van der Waals surface area (Å²) in [5.74, 6) is 0.838. The van der Waals surface area contributed by atoms with E-state index in [-0.39, 0.29) is 5.91 Å². The van der Waals surface area contributed by atoms with E-state index in [0.717, 1.165) is 18.2 Å². The van der Waals surface area contributed by atoms with Gasteiger partial charge in [0.2, 0.25) is 0 Å². The molecule has 1 amide bonds. The molecule has 1 fully saturated rings. The Morgan fingerprint density at radius 3 is 2.67 bits per heavy atom. The van der Waals surface area contributed by atoms with E-state index in [0.29, 0.717) is 10.6 Å². The minimum absolute atomic E-state index is 0.00633. The van der Waals surface area contributed by atoms with Gasteiger partial charge in [-0.25, -0.2) is 0 Å². The Labute approximate surface area is 132 Å². The van der Waals surface area contributed by atoms with Gasteiger partial charge in [-0.1, -0.05) is 43.7 Å². The highest BCUT2D eigenvalue weighted by Gasteiger charge is 2.15. The Kier molecular flexibility index (Phi) is 5.92. The third-order valence-corrected chi connectivity index (χ3v) is 4.45. The minimum atomic E-state index is 0.00633. The Balaban J connectivity index is 1.97. The number of amides is 1. The normalized spacial score (nSPS) is 15.8. The van der Waals surface area contributed by atoms with Gasteiger partial charge in [-0.15, -0.1) is 0 Å². The van der Waals surface area contributed by atoms with Crippen molar-refractivity contribution < 1.29 is 4.79 Å². The van der Waals surface area contributed by atoms with Crippen LogP contribution in [0.2, 0.25) is 5.02 Å². The van der Waals surface area contributed by atoms with Gasteiger partial charge in [-0.05, 0) is 30.5 Å². The molecule has 21 heavy (non-hydrogen) atoms. The average Bonchev–Trinajstić information content (AvgIpc) is 2.48. The van der Waals surface area contributed by atoms with Gasteiger partial charge < -0.3 is 10.2 Å². The molecular formula is C17H25ClN2O. The quantitative estimate of drug-likeness (QED) is 0.873. The van der Waals surface area contributed by atoms with Gasteiger partial charge in [0, 0.05) is 31.4 Å². The zero-order valence-corrected chi connectivity index (χ0v) is 13.7. The second-order valence-corrected chi connectivity index (χ2v) is 6.55. The van der Waals surface area contributed by atoms with Crippen molar-refractivity contribution in [3.63, 3.8) is 0 Å². The highest BCUT2D eigenvalue weighted by molar-refractivity contribution is 6.31. The van der Waals surface area contributed by atoms with E-state index in [1.54, 1.807) is 31.1 Å². The second kappa shape index (κ2) is 7.69. The van der Waals surface area contributed by atoms with Gasteiger partial charge >= 0.3 is 0 Å². The summed E-state index contributed by atoms with van der Waals surface area (Å²) in [5, 5.41) is 4.06. The van der Waals surface area contributed by atoms with E-state index in [1.165, 1.54) is 38.5 Å². The Hall–Kier alpha value is -1.22. The first kappa shape index (κ1) is 16.2. The van der Waals surface area contributed by atoms with Crippen LogP contribution in [-0.2, 0) is 0 Å². The molecule has 0 saturated heterocycles. The molecule has 1 N–H and O–H groups in total. The summed E-state index contributed by atoms with van der Waals surface area (Å²) in [6.45, 7) is 0.902. The maximum absolute atomic E-state index is 12.2. The Bertz CT molecular complexity index is 482. The predicted octanol–water partition coefficient (Wildman–Crippen LogP) is 4.42. The van der Waals surface area contributed by atoms with Crippen LogP contribution in [-0.4, -0.2) is 31.4 Å². The standard InChI is InChI=1S/C17H25ClN2O/c1-20(2)17(21)15-9-8-14(18)12-16(15)19-11-10-13-6-4-3-5-7-13/h8-9,12-13,19H,3-7,10-11H2,1-2H3. The molecule has 3 nitrogen and oxygen atoms in total. The largest absolute Gasteiger partial charge is 0.384 e. The molecule has 0 bridgehead atoms. The van der Waals surface area contributed by atoms with Crippen molar-refractivity contribution in [1.29, 1.82) is 0 Å². The van der Waals surface area contributed by atoms with E-state index < -0.39 is 0 Å². The van der Waals surface area contributed by atoms with Crippen LogP contribution >= 0.6 is 11.6 Å². The molecule has 0 unspecified atom stereocenters. The van der Waals surface area contributed by atoms with Gasteiger partial charge in [0.15, 0.2) is 0 Å². The van der Waals surface area contributed by atoms with Crippen LogP contribution in [0.5, 0.6) is 0 Å². The topological polar surface area (TPSA) is 32.3 Å². The summed E-state index contributed by atoms with van der Waals surface area (Å²) in [6, 6.07) is 5.41. The Morgan fingerprint density at radius 1 is 1.29 bits per heavy atom. The van der Waals surface area contributed by atoms with Crippen LogP contribution < -0.4 is 5.32 Å². The van der Waals surface area contributed by atoms with Crippen molar-refractivity contribution in [2.75, 3.05) is 26.0 Å². The van der Waals surface area contributed by atoms with Crippen molar-refractivity contribution in [3.8, 4) is 0 Å². The number of hydrogen-bond donors (Lipinski definition) is 1. The van der Waals surface area contributed by atoms with Crippen LogP contribution in [0.25, 0.3) is 0 Å². The molecule has 4 heteroatoms. The maximum atomic E-state index is 12.2. The number of hydrogen-bond acceptors (Lipinski definition) is 2. The summed E-state index contributed by atoms with van der Waals surface area (Å²) in [5.41, 5.74) is 1.53. The average molecular weight is 309 g/mol. The smallest absolute Gasteiger partial charge is 0.255 e. The van der Waals surface area contributed by atoms with Crippen molar-refractivity contribution >= 4 is 23.2 Å². The zero-order chi connectivity index (χ0) is 15.2. The second-order valence-electron chi connectivity index (χ2n) is 6.11. The number of benzene rings is 1. The monoisotopic (exact) mass is 308 g/mol. The molecular weight excluding hydrogens is 284 g/mol. The number of carbonyl (C=O) groups is 1. The van der Waals surface area contributed by atoms with Crippen molar-refractivity contribution in [2.24, 2.45) is 5.92 Å². The SMILES string of the molecule is CN(C)C(=O)c1ccc(Cl)cc1NCCC1CCCCC1. The lowest BCUT2D eigenvalue weighted by Gasteiger charge is -2.22. The van der Waals surface area contributed by atoms with Gasteiger partial charge in [0.25, 0.3) is 5.91 Å². The molecule has 0 aromatic heterocycles. The lowest BCUT2D eigenvalue weighted by Crippen LogP contribution is -2.23.